The van der Waals surface area contributed by atoms with E-state index < -0.39 is 0 Å². The molecule has 2 heterocycles. The fraction of sp³-hybridized carbons (Fsp3) is 0.100. The molecule has 0 bridgehead atoms. The Balaban J connectivity index is 1.94. The minimum absolute atomic E-state index is 0.860. The van der Waals surface area contributed by atoms with Gasteiger partial charge in [-0.25, -0.2) is 0 Å². The zero-order chi connectivity index (χ0) is 8.93. The Kier molecular flexibility index (Phi) is 2.57. The molecule has 3 heteroatoms. The van der Waals surface area contributed by atoms with Gasteiger partial charge in [0, 0.05) is 30.0 Å². The first-order valence-electron chi connectivity index (χ1n) is 4.10. The van der Waals surface area contributed by atoms with Gasteiger partial charge in [0.15, 0.2) is 0 Å². The summed E-state index contributed by atoms with van der Waals surface area (Å²) in [6, 6.07) is 6.10. The predicted molar refractivity (Wildman–Crippen MR) is 55.9 cm³/mol. The smallest absolute Gasteiger partial charge is 0.0451 e. The summed E-state index contributed by atoms with van der Waals surface area (Å²) in [5.41, 5.74) is 2.43. The predicted octanol–water partition coefficient (Wildman–Crippen LogP) is 2.76. The number of hydrogen-bond donors (Lipinski definition) is 1. The van der Waals surface area contributed by atoms with Crippen molar-refractivity contribution >= 4 is 17.0 Å². The Morgan fingerprint density at radius 1 is 1.23 bits per heavy atom. The maximum atomic E-state index is 3.96. The van der Waals surface area contributed by atoms with E-state index in [1.807, 2.05) is 24.5 Å². The normalized spacial score (nSPS) is 9.85. The molecule has 0 aliphatic carbocycles. The molecule has 66 valence electrons. The number of pyridine rings is 1. The summed E-state index contributed by atoms with van der Waals surface area (Å²) in [6.45, 7) is 0.860. The van der Waals surface area contributed by atoms with Crippen LogP contribution in [0.15, 0.2) is 41.4 Å². The molecule has 0 fully saturated rings. The second kappa shape index (κ2) is 4.05. The van der Waals surface area contributed by atoms with Gasteiger partial charge in [0.2, 0.25) is 0 Å². The Hall–Kier alpha value is -1.35. The number of hydrogen-bond acceptors (Lipinski definition) is 3. The van der Waals surface area contributed by atoms with Crippen LogP contribution >= 0.6 is 11.3 Å². The third kappa shape index (κ3) is 2.29. The molecule has 2 aromatic heterocycles. The van der Waals surface area contributed by atoms with Gasteiger partial charge in [-0.15, -0.1) is 0 Å². The molecule has 0 spiro atoms. The molecule has 0 aliphatic heterocycles. The van der Waals surface area contributed by atoms with Gasteiger partial charge in [-0.2, -0.15) is 11.3 Å². The van der Waals surface area contributed by atoms with Crippen molar-refractivity contribution in [3.05, 3.63) is 46.9 Å². The van der Waals surface area contributed by atoms with E-state index in [0.717, 1.165) is 6.54 Å². The summed E-state index contributed by atoms with van der Waals surface area (Å²) in [5.74, 6) is 0. The van der Waals surface area contributed by atoms with Crippen LogP contribution in [0, 0.1) is 0 Å². The largest absolute Gasteiger partial charge is 0.380 e. The fourth-order valence-electron chi connectivity index (χ4n) is 1.07. The molecule has 0 atom stereocenters. The van der Waals surface area contributed by atoms with E-state index in [4.69, 9.17) is 0 Å². The standard InChI is InChI=1S/C10H10N2S/c1-4-11-5-2-9(1)7-12-10-3-6-13-8-10/h1-6,8,12H,7H2. The van der Waals surface area contributed by atoms with Crippen LogP contribution in [0.25, 0.3) is 0 Å². The van der Waals surface area contributed by atoms with Crippen LogP contribution in [0.5, 0.6) is 0 Å². The van der Waals surface area contributed by atoms with E-state index >= 15 is 0 Å². The summed E-state index contributed by atoms with van der Waals surface area (Å²) in [7, 11) is 0. The van der Waals surface area contributed by atoms with Crippen molar-refractivity contribution in [1.82, 2.24) is 4.98 Å². The van der Waals surface area contributed by atoms with Gasteiger partial charge in [0.1, 0.15) is 0 Å². The lowest BCUT2D eigenvalue weighted by Gasteiger charge is -2.02. The average Bonchev–Trinajstić information content (AvgIpc) is 2.69. The molecular weight excluding hydrogens is 180 g/mol. The van der Waals surface area contributed by atoms with Crippen molar-refractivity contribution in [2.45, 2.75) is 6.54 Å². The molecular formula is C10H10N2S. The van der Waals surface area contributed by atoms with Gasteiger partial charge >= 0.3 is 0 Å². The Bertz CT molecular complexity index is 342. The summed E-state index contributed by atoms with van der Waals surface area (Å²) in [4.78, 5) is 3.96. The maximum absolute atomic E-state index is 3.96. The first-order valence-corrected chi connectivity index (χ1v) is 5.04. The molecule has 0 amide bonds. The number of thiophene rings is 1. The summed E-state index contributed by atoms with van der Waals surface area (Å²) in [6.07, 6.45) is 3.62. The van der Waals surface area contributed by atoms with Gasteiger partial charge < -0.3 is 5.32 Å². The van der Waals surface area contributed by atoms with E-state index in [-0.39, 0.29) is 0 Å². The molecule has 0 radical (unpaired) electrons. The van der Waals surface area contributed by atoms with E-state index in [1.165, 1.54) is 11.3 Å². The molecule has 0 aliphatic rings. The lowest BCUT2D eigenvalue weighted by Crippen LogP contribution is -1.97. The Labute approximate surface area is 81.3 Å². The van der Waals surface area contributed by atoms with Crippen molar-refractivity contribution in [1.29, 1.82) is 0 Å². The second-order valence-electron chi connectivity index (χ2n) is 2.72. The highest BCUT2D eigenvalue weighted by Crippen LogP contribution is 2.12. The molecule has 2 nitrogen and oxygen atoms in total. The highest BCUT2D eigenvalue weighted by Gasteiger charge is 1.92. The highest BCUT2D eigenvalue weighted by molar-refractivity contribution is 7.08. The number of nitrogens with one attached hydrogen (secondary N) is 1. The lowest BCUT2D eigenvalue weighted by atomic mass is 10.3. The van der Waals surface area contributed by atoms with Crippen LogP contribution in [0.3, 0.4) is 0 Å². The molecule has 2 rings (SSSR count). The zero-order valence-corrected chi connectivity index (χ0v) is 7.92. The van der Waals surface area contributed by atoms with Crippen molar-refractivity contribution in [3.8, 4) is 0 Å². The zero-order valence-electron chi connectivity index (χ0n) is 7.10. The van der Waals surface area contributed by atoms with Crippen LogP contribution in [-0.2, 0) is 6.54 Å². The van der Waals surface area contributed by atoms with Crippen LogP contribution in [0.4, 0.5) is 5.69 Å². The van der Waals surface area contributed by atoms with Crippen LogP contribution in [-0.4, -0.2) is 4.98 Å². The van der Waals surface area contributed by atoms with Gasteiger partial charge in [-0.1, -0.05) is 0 Å². The molecule has 2 aromatic rings. The second-order valence-corrected chi connectivity index (χ2v) is 3.50. The monoisotopic (exact) mass is 190 g/mol. The highest BCUT2D eigenvalue weighted by atomic mass is 32.1. The van der Waals surface area contributed by atoms with Crippen LogP contribution in [0.1, 0.15) is 5.56 Å². The Morgan fingerprint density at radius 3 is 2.77 bits per heavy atom. The fourth-order valence-corrected chi connectivity index (χ4v) is 1.68. The minimum Gasteiger partial charge on any atom is -0.380 e. The number of rotatable bonds is 3. The third-order valence-electron chi connectivity index (χ3n) is 1.77. The van der Waals surface area contributed by atoms with Crippen molar-refractivity contribution in [3.63, 3.8) is 0 Å². The Morgan fingerprint density at radius 2 is 2.08 bits per heavy atom. The van der Waals surface area contributed by atoms with E-state index in [2.05, 4.69) is 27.1 Å². The first-order chi connectivity index (χ1) is 6.45. The average molecular weight is 190 g/mol. The molecule has 0 saturated heterocycles. The van der Waals surface area contributed by atoms with Gasteiger partial charge in [0.25, 0.3) is 0 Å². The SMILES string of the molecule is c1cc(CNc2ccsc2)ccn1. The third-order valence-corrected chi connectivity index (χ3v) is 2.45. The van der Waals surface area contributed by atoms with Gasteiger partial charge in [0.05, 0.1) is 0 Å². The van der Waals surface area contributed by atoms with Crippen molar-refractivity contribution in [2.24, 2.45) is 0 Å². The first kappa shape index (κ1) is 8.26. The van der Waals surface area contributed by atoms with Gasteiger partial charge in [-0.3, -0.25) is 4.98 Å². The number of aromatic nitrogens is 1. The summed E-state index contributed by atoms with van der Waals surface area (Å²) < 4.78 is 0. The van der Waals surface area contributed by atoms with Crippen LogP contribution < -0.4 is 5.32 Å². The maximum Gasteiger partial charge on any atom is 0.0451 e. The quantitative estimate of drug-likeness (QED) is 0.805. The van der Waals surface area contributed by atoms with E-state index in [9.17, 15) is 0 Å². The van der Waals surface area contributed by atoms with Crippen LogP contribution in [0.2, 0.25) is 0 Å². The molecule has 0 unspecified atom stereocenters. The van der Waals surface area contributed by atoms with Crippen molar-refractivity contribution < 1.29 is 0 Å². The van der Waals surface area contributed by atoms with E-state index in [0.29, 0.717) is 0 Å². The topological polar surface area (TPSA) is 24.9 Å². The molecule has 0 aromatic carbocycles. The van der Waals surface area contributed by atoms with E-state index in [1.54, 1.807) is 11.3 Å². The summed E-state index contributed by atoms with van der Waals surface area (Å²) in [5, 5.41) is 7.49. The summed E-state index contributed by atoms with van der Waals surface area (Å²) >= 11 is 1.70. The number of anilines is 1. The van der Waals surface area contributed by atoms with Crippen molar-refractivity contribution in [2.75, 3.05) is 5.32 Å². The molecule has 0 saturated carbocycles. The molecule has 13 heavy (non-hydrogen) atoms. The van der Waals surface area contributed by atoms with Gasteiger partial charge in [-0.05, 0) is 29.1 Å². The lowest BCUT2D eigenvalue weighted by molar-refractivity contribution is 1.13. The number of nitrogens with zero attached hydrogens (tertiary/aromatic N) is 1. The minimum atomic E-state index is 0.860. The molecule has 1 N–H and O–H groups in total.